The van der Waals surface area contributed by atoms with Crippen LogP contribution in [0.4, 0.5) is 0 Å². The van der Waals surface area contributed by atoms with Crippen LogP contribution in [0.25, 0.3) is 10.9 Å². The number of carbonyl (C=O) groups is 1. The molecule has 116 valence electrons. The Morgan fingerprint density at radius 2 is 1.96 bits per heavy atom. The van der Waals surface area contributed by atoms with Crippen molar-refractivity contribution in [2.24, 2.45) is 0 Å². The Labute approximate surface area is 138 Å². The molecule has 0 aliphatic rings. The van der Waals surface area contributed by atoms with Crippen molar-refractivity contribution < 1.29 is 4.79 Å². The van der Waals surface area contributed by atoms with Crippen LogP contribution in [0.5, 0.6) is 0 Å². The van der Waals surface area contributed by atoms with E-state index in [1.807, 2.05) is 24.3 Å². The van der Waals surface area contributed by atoms with Crippen molar-refractivity contribution in [1.82, 2.24) is 10.3 Å². The minimum atomic E-state index is -0.214. The molecule has 1 aromatic heterocycles. The molecule has 4 nitrogen and oxygen atoms in total. The summed E-state index contributed by atoms with van der Waals surface area (Å²) >= 11 is 6.05. The topological polar surface area (TPSA) is 62.0 Å². The number of hydrogen-bond acceptors (Lipinski definition) is 2. The van der Waals surface area contributed by atoms with Gasteiger partial charge in [0, 0.05) is 34.1 Å². The van der Waals surface area contributed by atoms with Crippen molar-refractivity contribution in [2.45, 2.75) is 13.5 Å². The predicted molar refractivity (Wildman–Crippen MR) is 91.9 cm³/mol. The number of carbonyl (C=O) groups excluding carboxylic acids is 1. The third-order valence-electron chi connectivity index (χ3n) is 3.79. The van der Waals surface area contributed by atoms with E-state index >= 15 is 0 Å². The van der Waals surface area contributed by atoms with Crippen LogP contribution in [0.15, 0.2) is 53.3 Å². The van der Waals surface area contributed by atoms with Crippen LogP contribution in [0.3, 0.4) is 0 Å². The zero-order chi connectivity index (χ0) is 16.4. The SMILES string of the molecule is Cc1c(Cl)cccc1C(=O)NCc1cc(=O)[nH]c2ccccc12. The van der Waals surface area contributed by atoms with Crippen LogP contribution in [0, 0.1) is 6.92 Å². The van der Waals surface area contributed by atoms with Crippen LogP contribution < -0.4 is 10.9 Å². The number of nitrogens with one attached hydrogen (secondary N) is 2. The first-order valence-corrected chi connectivity index (χ1v) is 7.58. The third kappa shape index (κ3) is 3.12. The maximum atomic E-state index is 12.4. The van der Waals surface area contributed by atoms with Gasteiger partial charge in [-0.1, -0.05) is 35.9 Å². The lowest BCUT2D eigenvalue weighted by Gasteiger charge is -2.10. The predicted octanol–water partition coefficient (Wildman–Crippen LogP) is 3.42. The molecule has 0 radical (unpaired) electrons. The Balaban J connectivity index is 1.88. The molecular formula is C18H15ClN2O2. The molecule has 0 spiro atoms. The molecule has 0 atom stereocenters. The van der Waals surface area contributed by atoms with E-state index in [-0.39, 0.29) is 18.0 Å². The summed E-state index contributed by atoms with van der Waals surface area (Å²) in [5, 5.41) is 4.32. The molecule has 1 amide bonds. The molecule has 2 aromatic carbocycles. The van der Waals surface area contributed by atoms with Gasteiger partial charge in [0.05, 0.1) is 0 Å². The number of benzene rings is 2. The van der Waals surface area contributed by atoms with Gasteiger partial charge in [0.1, 0.15) is 0 Å². The van der Waals surface area contributed by atoms with E-state index in [0.717, 1.165) is 22.0 Å². The minimum Gasteiger partial charge on any atom is -0.348 e. The lowest BCUT2D eigenvalue weighted by molar-refractivity contribution is 0.0950. The molecule has 0 aliphatic heterocycles. The Morgan fingerprint density at radius 3 is 2.78 bits per heavy atom. The highest BCUT2D eigenvalue weighted by Gasteiger charge is 2.11. The van der Waals surface area contributed by atoms with Gasteiger partial charge in [-0.3, -0.25) is 9.59 Å². The normalized spacial score (nSPS) is 10.7. The van der Waals surface area contributed by atoms with E-state index in [1.165, 1.54) is 6.07 Å². The van der Waals surface area contributed by atoms with Crippen LogP contribution >= 0.6 is 11.6 Å². The molecule has 0 aliphatic carbocycles. The van der Waals surface area contributed by atoms with Crippen molar-refractivity contribution in [2.75, 3.05) is 0 Å². The van der Waals surface area contributed by atoms with Crippen molar-refractivity contribution in [3.05, 3.63) is 80.6 Å². The molecule has 0 saturated heterocycles. The van der Waals surface area contributed by atoms with Crippen molar-refractivity contribution >= 4 is 28.4 Å². The second kappa shape index (κ2) is 6.26. The monoisotopic (exact) mass is 326 g/mol. The average Bonchev–Trinajstić information content (AvgIpc) is 2.54. The lowest BCUT2D eigenvalue weighted by Crippen LogP contribution is -2.24. The number of hydrogen-bond donors (Lipinski definition) is 2. The Kier molecular flexibility index (Phi) is 4.17. The van der Waals surface area contributed by atoms with Gasteiger partial charge in [0.2, 0.25) is 5.56 Å². The number of amides is 1. The minimum absolute atomic E-state index is 0.188. The molecule has 3 rings (SSSR count). The fraction of sp³-hybridized carbons (Fsp3) is 0.111. The number of rotatable bonds is 3. The van der Waals surface area contributed by atoms with E-state index in [9.17, 15) is 9.59 Å². The van der Waals surface area contributed by atoms with E-state index in [1.54, 1.807) is 25.1 Å². The quantitative estimate of drug-likeness (QED) is 0.774. The van der Waals surface area contributed by atoms with Gasteiger partial charge in [-0.15, -0.1) is 0 Å². The van der Waals surface area contributed by atoms with E-state index in [2.05, 4.69) is 10.3 Å². The lowest BCUT2D eigenvalue weighted by atomic mass is 10.1. The molecular weight excluding hydrogens is 312 g/mol. The summed E-state index contributed by atoms with van der Waals surface area (Å²) in [5.74, 6) is -0.214. The Morgan fingerprint density at radius 1 is 1.17 bits per heavy atom. The first kappa shape index (κ1) is 15.3. The van der Waals surface area contributed by atoms with Crippen molar-refractivity contribution in [3.63, 3.8) is 0 Å². The smallest absolute Gasteiger partial charge is 0.251 e. The summed E-state index contributed by atoms with van der Waals surface area (Å²) in [6, 6.07) is 14.2. The maximum Gasteiger partial charge on any atom is 0.251 e. The number of aromatic nitrogens is 1. The van der Waals surface area contributed by atoms with E-state index < -0.39 is 0 Å². The molecule has 0 bridgehead atoms. The van der Waals surface area contributed by atoms with Gasteiger partial charge in [-0.05, 0) is 36.2 Å². The highest BCUT2D eigenvalue weighted by Crippen LogP contribution is 2.19. The number of pyridine rings is 1. The number of aromatic amines is 1. The van der Waals surface area contributed by atoms with Gasteiger partial charge in [0.25, 0.3) is 5.91 Å². The first-order valence-electron chi connectivity index (χ1n) is 7.20. The second-order valence-corrected chi connectivity index (χ2v) is 5.71. The summed E-state index contributed by atoms with van der Waals surface area (Å²) in [7, 11) is 0. The highest BCUT2D eigenvalue weighted by atomic mass is 35.5. The number of fused-ring (bicyclic) bond motifs is 1. The van der Waals surface area contributed by atoms with Crippen LogP contribution in [0.1, 0.15) is 21.5 Å². The van der Waals surface area contributed by atoms with Crippen molar-refractivity contribution in [3.8, 4) is 0 Å². The maximum absolute atomic E-state index is 12.4. The van der Waals surface area contributed by atoms with Gasteiger partial charge in [-0.2, -0.15) is 0 Å². The van der Waals surface area contributed by atoms with Gasteiger partial charge in [-0.25, -0.2) is 0 Å². The fourth-order valence-electron chi connectivity index (χ4n) is 2.55. The standard InChI is InChI=1S/C18H15ClN2O2/c1-11-13(6-4-7-15(11)19)18(23)20-10-12-9-17(22)21-16-8-3-2-5-14(12)16/h2-9H,10H2,1H3,(H,20,23)(H,21,22). The molecule has 1 heterocycles. The molecule has 0 fully saturated rings. The fourth-order valence-corrected chi connectivity index (χ4v) is 2.72. The first-order chi connectivity index (χ1) is 11.1. The molecule has 23 heavy (non-hydrogen) atoms. The highest BCUT2D eigenvalue weighted by molar-refractivity contribution is 6.31. The summed E-state index contributed by atoms with van der Waals surface area (Å²) in [6.07, 6.45) is 0. The number of halogens is 1. The summed E-state index contributed by atoms with van der Waals surface area (Å²) in [6.45, 7) is 2.08. The largest absolute Gasteiger partial charge is 0.348 e. The summed E-state index contributed by atoms with van der Waals surface area (Å²) < 4.78 is 0. The van der Waals surface area contributed by atoms with Crippen LogP contribution in [-0.2, 0) is 6.54 Å². The summed E-state index contributed by atoms with van der Waals surface area (Å²) in [4.78, 5) is 26.9. The van der Waals surface area contributed by atoms with Crippen LogP contribution in [-0.4, -0.2) is 10.9 Å². The van der Waals surface area contributed by atoms with Crippen LogP contribution in [0.2, 0.25) is 5.02 Å². The number of para-hydroxylation sites is 1. The van der Waals surface area contributed by atoms with Gasteiger partial charge in [0.15, 0.2) is 0 Å². The van der Waals surface area contributed by atoms with E-state index in [4.69, 9.17) is 11.6 Å². The van der Waals surface area contributed by atoms with E-state index in [0.29, 0.717) is 10.6 Å². The zero-order valence-electron chi connectivity index (χ0n) is 12.5. The third-order valence-corrected chi connectivity index (χ3v) is 4.20. The van der Waals surface area contributed by atoms with Gasteiger partial charge >= 0.3 is 0 Å². The second-order valence-electron chi connectivity index (χ2n) is 5.30. The number of H-pyrrole nitrogens is 1. The Hall–Kier alpha value is -2.59. The molecule has 3 aromatic rings. The zero-order valence-corrected chi connectivity index (χ0v) is 13.3. The van der Waals surface area contributed by atoms with Crippen molar-refractivity contribution in [1.29, 1.82) is 0 Å². The molecule has 5 heteroatoms. The average molecular weight is 327 g/mol. The Bertz CT molecular complexity index is 947. The van der Waals surface area contributed by atoms with Gasteiger partial charge < -0.3 is 10.3 Å². The molecule has 2 N–H and O–H groups in total. The molecule has 0 unspecified atom stereocenters. The summed E-state index contributed by atoms with van der Waals surface area (Å²) in [5.41, 5.74) is 2.61. The molecule has 0 saturated carbocycles.